The van der Waals surface area contributed by atoms with Gasteiger partial charge in [-0.05, 0) is 18.6 Å². The Morgan fingerprint density at radius 1 is 1.35 bits per heavy atom. The molecule has 1 saturated heterocycles. The van der Waals surface area contributed by atoms with Gasteiger partial charge in [0.05, 0.1) is 6.10 Å². The van der Waals surface area contributed by atoms with Gasteiger partial charge in [0.25, 0.3) is 5.91 Å². The molecular formula is C14H17NO5. The number of carboxylic acid groups (broad SMARTS) is 1. The van der Waals surface area contributed by atoms with E-state index in [1.165, 1.54) is 12.1 Å². The van der Waals surface area contributed by atoms with E-state index in [-0.39, 0.29) is 35.0 Å². The van der Waals surface area contributed by atoms with E-state index in [4.69, 9.17) is 14.3 Å². The minimum absolute atomic E-state index is 0.0283. The van der Waals surface area contributed by atoms with Gasteiger partial charge in [-0.3, -0.25) is 4.79 Å². The lowest BCUT2D eigenvalue weighted by molar-refractivity contribution is -0.109. The topological polar surface area (TPSA) is 88.8 Å². The monoisotopic (exact) mass is 279 g/mol. The van der Waals surface area contributed by atoms with Crippen LogP contribution in [0.4, 0.5) is 0 Å². The maximum absolute atomic E-state index is 12.1. The van der Waals surface area contributed by atoms with Crippen LogP contribution in [0.3, 0.4) is 0 Å². The number of nitrogens with one attached hydrogen (secondary N) is 1. The van der Waals surface area contributed by atoms with E-state index in [1.54, 1.807) is 0 Å². The summed E-state index contributed by atoms with van der Waals surface area (Å²) in [6.07, 6.45) is 1.14. The van der Waals surface area contributed by atoms with Crippen molar-refractivity contribution >= 4 is 11.9 Å². The molecule has 0 radical (unpaired) electrons. The third-order valence-electron chi connectivity index (χ3n) is 4.43. The highest BCUT2D eigenvalue weighted by Gasteiger charge is 2.59. The lowest BCUT2D eigenvalue weighted by atomic mass is 9.57. The third kappa shape index (κ3) is 1.83. The van der Waals surface area contributed by atoms with Crippen molar-refractivity contribution in [2.75, 3.05) is 6.61 Å². The quantitative estimate of drug-likeness (QED) is 0.875. The average Bonchev–Trinajstić information content (AvgIpc) is 3.03. The standard InChI is InChI=1S/C14H17NO5/c1-14(2)10(7-5-6-19-11(7)14)15-12(16)8-3-4-9(20-8)13(17)18/h3-4,7,10-11H,5-6H2,1-2H3,(H,15,16)(H,17,18)/t7-,10+,11-/m0/s1. The number of ether oxygens (including phenoxy) is 1. The second kappa shape index (κ2) is 4.34. The highest BCUT2D eigenvalue weighted by molar-refractivity contribution is 5.93. The number of fused-ring (bicyclic) bond motifs is 1. The Kier molecular flexibility index (Phi) is 2.86. The number of amides is 1. The van der Waals surface area contributed by atoms with Crippen LogP contribution in [0.25, 0.3) is 0 Å². The zero-order chi connectivity index (χ0) is 14.5. The van der Waals surface area contributed by atoms with Crippen molar-refractivity contribution in [2.45, 2.75) is 32.4 Å². The van der Waals surface area contributed by atoms with Crippen molar-refractivity contribution in [3.05, 3.63) is 23.7 Å². The zero-order valence-electron chi connectivity index (χ0n) is 11.4. The number of rotatable bonds is 3. The predicted octanol–water partition coefficient (Wildman–Crippen LogP) is 1.52. The lowest BCUT2D eigenvalue weighted by Crippen LogP contribution is -2.66. The van der Waals surface area contributed by atoms with Crippen LogP contribution in [0.1, 0.15) is 41.4 Å². The molecule has 0 spiro atoms. The van der Waals surface area contributed by atoms with Crippen LogP contribution in [-0.4, -0.2) is 35.7 Å². The van der Waals surface area contributed by atoms with Gasteiger partial charge in [0.15, 0.2) is 5.76 Å². The minimum Gasteiger partial charge on any atom is -0.475 e. The third-order valence-corrected chi connectivity index (χ3v) is 4.43. The Balaban J connectivity index is 1.71. The summed E-state index contributed by atoms with van der Waals surface area (Å²) in [5.41, 5.74) is -0.112. The van der Waals surface area contributed by atoms with Gasteiger partial charge in [0.1, 0.15) is 0 Å². The summed E-state index contributed by atoms with van der Waals surface area (Å²) >= 11 is 0. The van der Waals surface area contributed by atoms with Crippen LogP contribution < -0.4 is 5.32 Å². The predicted molar refractivity (Wildman–Crippen MR) is 68.5 cm³/mol. The molecule has 0 aromatic carbocycles. The molecule has 1 aromatic heterocycles. The van der Waals surface area contributed by atoms with E-state index in [2.05, 4.69) is 19.2 Å². The van der Waals surface area contributed by atoms with Crippen molar-refractivity contribution in [3.63, 3.8) is 0 Å². The zero-order valence-corrected chi connectivity index (χ0v) is 11.4. The van der Waals surface area contributed by atoms with Gasteiger partial charge >= 0.3 is 5.97 Å². The maximum atomic E-state index is 12.1. The highest BCUT2D eigenvalue weighted by atomic mass is 16.5. The fourth-order valence-corrected chi connectivity index (χ4v) is 3.40. The van der Waals surface area contributed by atoms with Crippen LogP contribution in [0, 0.1) is 11.3 Å². The van der Waals surface area contributed by atoms with Crippen LogP contribution >= 0.6 is 0 Å². The molecule has 0 bridgehead atoms. The molecule has 1 amide bonds. The Morgan fingerprint density at radius 2 is 2.05 bits per heavy atom. The van der Waals surface area contributed by atoms with Gasteiger partial charge in [-0.1, -0.05) is 13.8 Å². The van der Waals surface area contributed by atoms with Gasteiger partial charge in [0, 0.05) is 24.0 Å². The summed E-state index contributed by atoms with van der Waals surface area (Å²) < 4.78 is 10.7. The van der Waals surface area contributed by atoms with Gasteiger partial charge < -0.3 is 19.6 Å². The smallest absolute Gasteiger partial charge is 0.371 e. The van der Waals surface area contributed by atoms with E-state index >= 15 is 0 Å². The van der Waals surface area contributed by atoms with E-state index in [0.29, 0.717) is 5.92 Å². The first-order valence-corrected chi connectivity index (χ1v) is 6.67. The molecular weight excluding hydrogens is 262 g/mol. The number of carbonyl (C=O) groups excluding carboxylic acids is 1. The molecule has 3 rings (SSSR count). The minimum atomic E-state index is -1.18. The number of hydrogen-bond acceptors (Lipinski definition) is 4. The maximum Gasteiger partial charge on any atom is 0.371 e. The summed E-state index contributed by atoms with van der Waals surface area (Å²) in [5, 5.41) is 11.7. The number of carboxylic acids is 1. The van der Waals surface area contributed by atoms with Crippen LogP contribution in [0.2, 0.25) is 0 Å². The molecule has 108 valence electrons. The lowest BCUT2D eigenvalue weighted by Gasteiger charge is -2.54. The Hall–Kier alpha value is -1.82. The number of aromatic carboxylic acids is 1. The SMILES string of the molecule is CC1(C)[C@H](NC(=O)c2ccc(C(=O)O)o2)[C@@H]2CCO[C@@H]21. The second-order valence-electron chi connectivity index (χ2n) is 5.99. The Bertz CT molecular complexity index is 562. The van der Waals surface area contributed by atoms with E-state index in [1.807, 2.05) is 0 Å². The largest absolute Gasteiger partial charge is 0.475 e. The number of carbonyl (C=O) groups is 2. The van der Waals surface area contributed by atoms with Crippen molar-refractivity contribution in [3.8, 4) is 0 Å². The normalized spacial score (nSPS) is 30.4. The van der Waals surface area contributed by atoms with Crippen LogP contribution in [-0.2, 0) is 4.74 Å². The molecule has 6 heteroatoms. The summed E-state index contributed by atoms with van der Waals surface area (Å²) in [7, 11) is 0. The molecule has 1 aromatic rings. The molecule has 2 N–H and O–H groups in total. The fourth-order valence-electron chi connectivity index (χ4n) is 3.40. The summed E-state index contributed by atoms with van der Waals surface area (Å²) in [6, 6.07) is 2.69. The van der Waals surface area contributed by atoms with E-state index in [0.717, 1.165) is 13.0 Å². The Morgan fingerprint density at radius 3 is 2.70 bits per heavy atom. The number of furan rings is 1. The first-order valence-electron chi connectivity index (χ1n) is 6.67. The molecule has 1 saturated carbocycles. The molecule has 6 nitrogen and oxygen atoms in total. The van der Waals surface area contributed by atoms with Gasteiger partial charge in [0.2, 0.25) is 5.76 Å². The van der Waals surface area contributed by atoms with E-state index in [9.17, 15) is 9.59 Å². The molecule has 2 fully saturated rings. The van der Waals surface area contributed by atoms with Crippen molar-refractivity contribution in [2.24, 2.45) is 11.3 Å². The van der Waals surface area contributed by atoms with Crippen molar-refractivity contribution in [1.29, 1.82) is 0 Å². The molecule has 1 aliphatic heterocycles. The second-order valence-corrected chi connectivity index (χ2v) is 5.99. The van der Waals surface area contributed by atoms with Crippen LogP contribution in [0.15, 0.2) is 16.5 Å². The van der Waals surface area contributed by atoms with Crippen LogP contribution in [0.5, 0.6) is 0 Å². The molecule has 1 aliphatic carbocycles. The van der Waals surface area contributed by atoms with Crippen molar-refractivity contribution < 1.29 is 23.8 Å². The molecule has 0 unspecified atom stereocenters. The van der Waals surface area contributed by atoms with Gasteiger partial charge in [-0.25, -0.2) is 4.79 Å². The van der Waals surface area contributed by atoms with Gasteiger partial charge in [-0.2, -0.15) is 0 Å². The first-order chi connectivity index (χ1) is 9.41. The summed E-state index contributed by atoms with van der Waals surface area (Å²) in [6.45, 7) is 4.86. The molecule has 20 heavy (non-hydrogen) atoms. The van der Waals surface area contributed by atoms with Gasteiger partial charge in [-0.15, -0.1) is 0 Å². The molecule has 3 atom stereocenters. The number of hydrogen-bond donors (Lipinski definition) is 2. The fraction of sp³-hybridized carbons (Fsp3) is 0.571. The molecule has 2 aliphatic rings. The average molecular weight is 279 g/mol. The first kappa shape index (κ1) is 13.2. The summed E-state index contributed by atoms with van der Waals surface area (Å²) in [5.74, 6) is -1.42. The van der Waals surface area contributed by atoms with E-state index < -0.39 is 5.97 Å². The Labute approximate surface area is 116 Å². The molecule has 2 heterocycles. The highest BCUT2D eigenvalue weighted by Crippen LogP contribution is 2.52. The summed E-state index contributed by atoms with van der Waals surface area (Å²) in [4.78, 5) is 22.9. The van der Waals surface area contributed by atoms with Crippen molar-refractivity contribution in [1.82, 2.24) is 5.32 Å².